The van der Waals surface area contributed by atoms with E-state index in [2.05, 4.69) is 0 Å². The monoisotopic (exact) mass is 393 g/mol. The van der Waals surface area contributed by atoms with Gasteiger partial charge in [-0.2, -0.15) is 0 Å². The van der Waals surface area contributed by atoms with Gasteiger partial charge in [0, 0.05) is 12.2 Å². The highest BCUT2D eigenvalue weighted by Gasteiger charge is 2.47. The Labute approximate surface area is 169 Å². The third-order valence-corrected chi connectivity index (χ3v) is 5.07. The number of hydrogen-bond acceptors (Lipinski definition) is 4. The maximum atomic E-state index is 12.9. The van der Waals surface area contributed by atoms with E-state index in [1.165, 1.54) is 4.90 Å². The first-order valence-electron chi connectivity index (χ1n) is 9.46. The summed E-state index contributed by atoms with van der Waals surface area (Å²) in [5.41, 5.74) is 2.34. The maximum absolute atomic E-state index is 12.9. The number of para-hydroxylation sites is 1. The van der Waals surface area contributed by atoms with E-state index in [9.17, 15) is 19.2 Å². The van der Waals surface area contributed by atoms with Gasteiger partial charge < -0.3 is 4.90 Å². The van der Waals surface area contributed by atoms with Crippen LogP contribution in [0.5, 0.6) is 0 Å². The zero-order valence-electron chi connectivity index (χ0n) is 16.7. The molecule has 0 bridgehead atoms. The molecular formula is C22H23N3O4. The molecule has 1 atom stereocenters. The van der Waals surface area contributed by atoms with Crippen LogP contribution < -0.4 is 4.90 Å². The van der Waals surface area contributed by atoms with Gasteiger partial charge in [0.2, 0.25) is 5.91 Å². The molecule has 150 valence electrons. The molecule has 0 aliphatic carbocycles. The lowest BCUT2D eigenvalue weighted by Gasteiger charge is -2.25. The van der Waals surface area contributed by atoms with Crippen molar-refractivity contribution in [3.63, 3.8) is 0 Å². The molecule has 3 rings (SSSR count). The van der Waals surface area contributed by atoms with Crippen LogP contribution in [0.2, 0.25) is 0 Å². The molecule has 7 nitrogen and oxygen atoms in total. The number of likely N-dealkylation sites (N-methyl/N-ethyl adjacent to an activating group) is 1. The number of rotatable bonds is 6. The van der Waals surface area contributed by atoms with Crippen LogP contribution in [-0.4, -0.2) is 46.6 Å². The van der Waals surface area contributed by atoms with Crippen LogP contribution in [0.25, 0.3) is 0 Å². The van der Waals surface area contributed by atoms with Crippen molar-refractivity contribution in [2.45, 2.75) is 26.8 Å². The summed E-state index contributed by atoms with van der Waals surface area (Å²) >= 11 is 0. The smallest absolute Gasteiger partial charge is 0.311 e. The minimum atomic E-state index is -0.980. The quantitative estimate of drug-likeness (QED) is 0.558. The summed E-state index contributed by atoms with van der Waals surface area (Å²) < 4.78 is 0. The second-order valence-corrected chi connectivity index (χ2v) is 6.86. The molecule has 0 radical (unpaired) electrons. The zero-order valence-corrected chi connectivity index (χ0v) is 16.7. The fraction of sp³-hybridized carbons (Fsp3) is 0.273. The Bertz CT molecular complexity index is 958. The molecule has 1 aliphatic rings. The fourth-order valence-corrected chi connectivity index (χ4v) is 3.45. The van der Waals surface area contributed by atoms with Crippen LogP contribution in [0, 0.1) is 6.92 Å². The highest BCUT2D eigenvalue weighted by atomic mass is 16.2. The lowest BCUT2D eigenvalue weighted by Crippen LogP contribution is -2.44. The highest BCUT2D eigenvalue weighted by molar-refractivity contribution is 6.45. The average molecular weight is 393 g/mol. The van der Waals surface area contributed by atoms with Crippen molar-refractivity contribution in [2.24, 2.45) is 0 Å². The zero-order chi connectivity index (χ0) is 21.1. The van der Waals surface area contributed by atoms with Crippen LogP contribution >= 0.6 is 0 Å². The minimum Gasteiger partial charge on any atom is -0.311 e. The molecule has 1 heterocycles. The highest BCUT2D eigenvalue weighted by Crippen LogP contribution is 2.26. The Kier molecular flexibility index (Phi) is 5.77. The Hall–Kier alpha value is -3.48. The van der Waals surface area contributed by atoms with Gasteiger partial charge in [0.05, 0.1) is 6.04 Å². The summed E-state index contributed by atoms with van der Waals surface area (Å²) in [6.07, 6.45) is 0. The summed E-state index contributed by atoms with van der Waals surface area (Å²) in [5, 5.41) is 0. The molecule has 1 fully saturated rings. The molecule has 0 saturated carbocycles. The minimum absolute atomic E-state index is 0.373. The van der Waals surface area contributed by atoms with Crippen molar-refractivity contribution in [1.29, 1.82) is 0 Å². The summed E-state index contributed by atoms with van der Waals surface area (Å²) in [5.74, 6) is -2.32. The van der Waals surface area contributed by atoms with E-state index >= 15 is 0 Å². The summed E-state index contributed by atoms with van der Waals surface area (Å²) in [4.78, 5) is 53.8. The van der Waals surface area contributed by atoms with Crippen LogP contribution in [0.15, 0.2) is 54.6 Å². The van der Waals surface area contributed by atoms with E-state index < -0.39 is 36.3 Å². The number of amides is 5. The first kappa shape index (κ1) is 20.3. The standard InChI is InChI=1S/C22H23N3O4/c1-4-23(18-13-9-8-10-15(18)2)19(26)14-24-20(27)21(28)25(22(24)29)16(3)17-11-6-5-7-12-17/h5-13,16H,4,14H2,1-3H3. The van der Waals surface area contributed by atoms with Gasteiger partial charge in [-0.1, -0.05) is 48.5 Å². The molecule has 5 amide bonds. The van der Waals surface area contributed by atoms with E-state index in [-0.39, 0.29) is 0 Å². The predicted molar refractivity (Wildman–Crippen MR) is 108 cm³/mol. The van der Waals surface area contributed by atoms with E-state index in [1.807, 2.05) is 38.1 Å². The number of hydrogen-bond donors (Lipinski definition) is 0. The SMILES string of the molecule is CCN(C(=O)CN1C(=O)C(=O)N(C(C)c2ccccc2)C1=O)c1ccccc1C. The van der Waals surface area contributed by atoms with Crippen LogP contribution in [0.1, 0.15) is 31.0 Å². The van der Waals surface area contributed by atoms with Crippen molar-refractivity contribution in [3.05, 3.63) is 65.7 Å². The van der Waals surface area contributed by atoms with Crippen LogP contribution in [0.4, 0.5) is 10.5 Å². The molecule has 0 spiro atoms. The summed E-state index contributed by atoms with van der Waals surface area (Å²) in [7, 11) is 0. The number of imide groups is 2. The largest absolute Gasteiger partial charge is 0.335 e. The van der Waals surface area contributed by atoms with Crippen LogP contribution in [-0.2, 0) is 14.4 Å². The number of urea groups is 1. The molecule has 1 unspecified atom stereocenters. The molecule has 2 aromatic rings. The van der Waals surface area contributed by atoms with Crippen molar-refractivity contribution in [3.8, 4) is 0 Å². The Balaban J connectivity index is 1.81. The lowest BCUT2D eigenvalue weighted by molar-refractivity contribution is -0.144. The molecule has 1 aliphatic heterocycles. The van der Waals surface area contributed by atoms with Gasteiger partial charge in [0.25, 0.3) is 0 Å². The number of anilines is 1. The first-order chi connectivity index (χ1) is 13.9. The summed E-state index contributed by atoms with van der Waals surface area (Å²) in [6.45, 7) is 5.26. The van der Waals surface area contributed by atoms with Gasteiger partial charge in [-0.3, -0.25) is 14.4 Å². The average Bonchev–Trinajstić information content (AvgIpc) is 2.93. The third-order valence-electron chi connectivity index (χ3n) is 5.07. The first-order valence-corrected chi connectivity index (χ1v) is 9.46. The second kappa shape index (κ2) is 8.26. The third kappa shape index (κ3) is 3.76. The van der Waals surface area contributed by atoms with Gasteiger partial charge in [0.15, 0.2) is 0 Å². The fourth-order valence-electron chi connectivity index (χ4n) is 3.45. The van der Waals surface area contributed by atoms with Crippen molar-refractivity contribution < 1.29 is 19.2 Å². The maximum Gasteiger partial charge on any atom is 0.335 e. The molecule has 2 aromatic carbocycles. The number of carbonyl (C=O) groups is 4. The van der Waals surface area contributed by atoms with Gasteiger partial charge in [-0.25, -0.2) is 14.6 Å². The number of carbonyl (C=O) groups excluding carboxylic acids is 4. The van der Waals surface area contributed by atoms with E-state index in [4.69, 9.17) is 0 Å². The molecule has 0 aromatic heterocycles. The van der Waals surface area contributed by atoms with Gasteiger partial charge in [-0.05, 0) is 38.0 Å². The van der Waals surface area contributed by atoms with Gasteiger partial charge >= 0.3 is 17.8 Å². The lowest BCUT2D eigenvalue weighted by atomic mass is 10.1. The molecular weight excluding hydrogens is 370 g/mol. The number of benzene rings is 2. The Morgan fingerprint density at radius 2 is 1.59 bits per heavy atom. The molecule has 7 heteroatoms. The second-order valence-electron chi connectivity index (χ2n) is 6.86. The van der Waals surface area contributed by atoms with Crippen LogP contribution in [0.3, 0.4) is 0 Å². The van der Waals surface area contributed by atoms with Crippen molar-refractivity contribution in [2.75, 3.05) is 18.0 Å². The van der Waals surface area contributed by atoms with Gasteiger partial charge in [-0.15, -0.1) is 0 Å². The Morgan fingerprint density at radius 1 is 0.966 bits per heavy atom. The number of aryl methyl sites for hydroxylation is 1. The normalized spacial score (nSPS) is 15.1. The van der Waals surface area contributed by atoms with E-state index in [0.29, 0.717) is 12.2 Å². The van der Waals surface area contributed by atoms with Crippen molar-refractivity contribution in [1.82, 2.24) is 9.80 Å². The topological polar surface area (TPSA) is 78.0 Å². The molecule has 1 saturated heterocycles. The number of nitrogens with zero attached hydrogens (tertiary/aromatic N) is 3. The molecule has 0 N–H and O–H groups in total. The summed E-state index contributed by atoms with van der Waals surface area (Å²) in [6, 6.07) is 14.9. The Morgan fingerprint density at radius 3 is 2.21 bits per heavy atom. The van der Waals surface area contributed by atoms with E-state index in [0.717, 1.165) is 20.9 Å². The predicted octanol–water partition coefficient (Wildman–Crippen LogP) is 2.90. The van der Waals surface area contributed by atoms with Crippen molar-refractivity contribution >= 4 is 29.4 Å². The van der Waals surface area contributed by atoms with Gasteiger partial charge in [0.1, 0.15) is 6.54 Å². The molecule has 29 heavy (non-hydrogen) atoms. The van der Waals surface area contributed by atoms with E-state index in [1.54, 1.807) is 37.3 Å².